The van der Waals surface area contributed by atoms with Crippen molar-refractivity contribution in [3.05, 3.63) is 101 Å². The molecule has 0 fully saturated rings. The first-order chi connectivity index (χ1) is 20.5. The van der Waals surface area contributed by atoms with Crippen molar-refractivity contribution >= 4 is 98.9 Å². The molecule has 1 heterocycles. The van der Waals surface area contributed by atoms with E-state index < -0.39 is 47.1 Å². The molecule has 0 spiro atoms. The largest absolute Gasteiger partial charge is 0.297 e. The minimum absolute atomic E-state index is 0.00836. The van der Waals surface area contributed by atoms with Crippen LogP contribution in [-0.2, 0) is 19.5 Å². The lowest BCUT2D eigenvalue weighted by molar-refractivity contribution is -0.432. The van der Waals surface area contributed by atoms with Gasteiger partial charge in [0.15, 0.2) is 10.9 Å². The molecule has 0 unspecified atom stereocenters. The summed E-state index contributed by atoms with van der Waals surface area (Å²) in [4.78, 5) is 59.7. The number of H-pyrrole nitrogens is 2. The maximum atomic E-state index is 13.8. The molecular formula is C28H13ClN2O10S2+2. The van der Waals surface area contributed by atoms with E-state index in [1.807, 2.05) is 0 Å². The van der Waals surface area contributed by atoms with Crippen molar-refractivity contribution in [2.75, 3.05) is 0 Å². The van der Waals surface area contributed by atoms with Crippen LogP contribution in [0.15, 0.2) is 83.6 Å². The van der Waals surface area contributed by atoms with Gasteiger partial charge in [0.1, 0.15) is 20.7 Å². The summed E-state index contributed by atoms with van der Waals surface area (Å²) in [5, 5.41) is 10.7. The van der Waals surface area contributed by atoms with Crippen LogP contribution >= 0.6 is 23.6 Å². The van der Waals surface area contributed by atoms with Gasteiger partial charge in [0.25, 0.3) is 32.2 Å². The number of fused-ring (bicyclic) bond motifs is 8. The van der Waals surface area contributed by atoms with E-state index in [9.17, 15) is 32.1 Å². The number of rotatable bonds is 4. The van der Waals surface area contributed by atoms with Crippen molar-refractivity contribution in [2.45, 2.75) is 9.79 Å². The van der Waals surface area contributed by atoms with Crippen LogP contribution in [0, 0.1) is 0 Å². The summed E-state index contributed by atoms with van der Waals surface area (Å²) >= 11 is 6.99. The van der Waals surface area contributed by atoms with Gasteiger partial charge in [-0.15, -0.1) is 4.33 Å². The van der Waals surface area contributed by atoms with E-state index >= 15 is 0 Å². The first-order valence-electron chi connectivity index (χ1n) is 12.2. The van der Waals surface area contributed by atoms with Crippen molar-refractivity contribution in [1.82, 2.24) is 0 Å². The first-order valence-corrected chi connectivity index (χ1v) is 14.7. The van der Waals surface area contributed by atoms with Crippen LogP contribution in [0.5, 0.6) is 0 Å². The molecule has 0 aliphatic heterocycles. The lowest BCUT2D eigenvalue weighted by atomic mass is 9.99. The second-order valence-corrected chi connectivity index (χ2v) is 12.0. The van der Waals surface area contributed by atoms with Gasteiger partial charge >= 0.3 is 0 Å². The maximum Gasteiger partial charge on any atom is 0.297 e. The van der Waals surface area contributed by atoms with Crippen LogP contribution < -0.4 is 31.7 Å². The average Bonchev–Trinajstić information content (AvgIpc) is 2.99. The van der Waals surface area contributed by atoms with Gasteiger partial charge < -0.3 is 0 Å². The van der Waals surface area contributed by atoms with Crippen LogP contribution in [0.3, 0.4) is 0 Å². The van der Waals surface area contributed by atoms with Crippen LogP contribution in [0.2, 0.25) is 5.02 Å². The molecule has 0 bridgehead atoms. The Hall–Kier alpha value is -4.41. The van der Waals surface area contributed by atoms with Gasteiger partial charge in [0.05, 0.1) is 27.7 Å². The summed E-state index contributed by atoms with van der Waals surface area (Å²) < 4.78 is 40.1. The Kier molecular flexibility index (Phi) is 6.09. The Balaban J connectivity index is 1.81. The van der Waals surface area contributed by atoms with Gasteiger partial charge in [-0.1, -0.05) is 65.2 Å². The van der Waals surface area contributed by atoms with Gasteiger partial charge in [-0.3, -0.25) is 23.7 Å². The van der Waals surface area contributed by atoms with Crippen molar-refractivity contribution in [2.24, 2.45) is 0 Å². The normalized spacial score (nSPS) is 12.4. The molecule has 4 N–H and O–H groups in total. The molecule has 0 saturated heterocycles. The second kappa shape index (κ2) is 9.55. The van der Waals surface area contributed by atoms with E-state index in [0.29, 0.717) is 12.0 Å². The standard InChI is InChI=1S/C28H11ClN2O10S2/c29-20-23-22(18-19(28(20)43(37,38)39)27(35)13-8-4-3-7-12(13)26(18)34)30-14-9-15(42-41-40-36)16-17(21(14)31-23)25(33)11-6-2-1-5-10(11)24(16)32/h1-9,36H,(H,37,38,39)/p+2. The topological polar surface area (TPSA) is 190 Å². The Morgan fingerprint density at radius 2 is 1.19 bits per heavy atom. The van der Waals surface area contributed by atoms with Crippen LogP contribution in [0.1, 0.15) is 0 Å². The van der Waals surface area contributed by atoms with E-state index in [4.69, 9.17) is 16.9 Å². The fourth-order valence-corrected chi connectivity index (χ4v) is 7.50. The van der Waals surface area contributed by atoms with Gasteiger partial charge in [-0.05, 0) is 0 Å². The van der Waals surface area contributed by atoms with E-state index in [2.05, 4.69) is 19.3 Å². The highest BCUT2D eigenvalue weighted by Crippen LogP contribution is 2.36. The van der Waals surface area contributed by atoms with Crippen molar-refractivity contribution < 1.29 is 37.6 Å². The monoisotopic (exact) mass is 636 g/mol. The zero-order chi connectivity index (χ0) is 30.4. The Labute approximate surface area is 246 Å². The number of halogens is 1. The number of aromatic nitrogens is 2. The van der Waals surface area contributed by atoms with Crippen LogP contribution in [0.4, 0.5) is 0 Å². The summed E-state index contributed by atoms with van der Waals surface area (Å²) in [6.07, 6.45) is 0. The Morgan fingerprint density at radius 3 is 1.70 bits per heavy atom. The zero-order valence-electron chi connectivity index (χ0n) is 21.1. The highest BCUT2D eigenvalue weighted by atomic mass is 35.5. The van der Waals surface area contributed by atoms with E-state index in [1.54, 1.807) is 12.1 Å². The summed E-state index contributed by atoms with van der Waals surface area (Å²) in [6, 6.07) is 13.2. The number of nitrogens with one attached hydrogen (secondary N) is 2. The molecule has 1 aromatic heterocycles. The van der Waals surface area contributed by atoms with E-state index in [-0.39, 0.29) is 64.7 Å². The molecule has 0 radical (unpaired) electrons. The van der Waals surface area contributed by atoms with Crippen molar-refractivity contribution in [3.63, 3.8) is 0 Å². The summed E-state index contributed by atoms with van der Waals surface area (Å²) in [6.45, 7) is 0. The fraction of sp³-hybridized carbons (Fsp3) is 0. The van der Waals surface area contributed by atoms with Gasteiger partial charge in [0.2, 0.25) is 10.9 Å². The molecule has 7 aromatic rings. The molecule has 7 rings (SSSR count). The van der Waals surface area contributed by atoms with Gasteiger partial charge in [-0.2, -0.15) is 18.4 Å². The summed E-state index contributed by atoms with van der Waals surface area (Å²) in [5.74, 6) is 0. The molecular weight excluding hydrogens is 624 g/mol. The van der Waals surface area contributed by atoms with Gasteiger partial charge in [0, 0.05) is 27.6 Å². The minimum Gasteiger partial charge on any atom is -0.289 e. The maximum absolute atomic E-state index is 13.8. The fourth-order valence-electron chi connectivity index (χ4n) is 5.64. The quantitative estimate of drug-likeness (QED) is 0.0721. The number of aromatic amines is 2. The lowest BCUT2D eigenvalue weighted by Crippen LogP contribution is -2.26. The predicted molar refractivity (Wildman–Crippen MR) is 158 cm³/mol. The molecule has 15 heteroatoms. The highest BCUT2D eigenvalue weighted by molar-refractivity contribution is 7.94. The molecule has 0 amide bonds. The Morgan fingerprint density at radius 1 is 0.698 bits per heavy atom. The molecule has 12 nitrogen and oxygen atoms in total. The third kappa shape index (κ3) is 3.82. The third-order valence-electron chi connectivity index (χ3n) is 7.35. The van der Waals surface area contributed by atoms with Gasteiger partial charge in [-0.25, -0.2) is 5.26 Å². The van der Waals surface area contributed by atoms with Crippen molar-refractivity contribution in [3.8, 4) is 0 Å². The highest BCUT2D eigenvalue weighted by Gasteiger charge is 2.35. The molecule has 43 heavy (non-hydrogen) atoms. The molecule has 0 atom stereocenters. The van der Waals surface area contributed by atoms with E-state index in [0.717, 1.165) is 0 Å². The third-order valence-corrected chi connectivity index (χ3v) is 9.39. The second-order valence-electron chi connectivity index (χ2n) is 9.55. The van der Waals surface area contributed by atoms with E-state index in [1.165, 1.54) is 42.5 Å². The SMILES string of the molecule is O=c1c2ccccc2c(=O)c2c1c(SOOO)cc1[nH+]c3c([nH+]c12)c(Cl)c(S(=O)(=O)O)c1c(=O)c2ccccc2c(=O)c13. The molecule has 0 aliphatic carbocycles. The zero-order valence-corrected chi connectivity index (χ0v) is 23.4. The molecule has 6 aromatic carbocycles. The first kappa shape index (κ1) is 27.4. The number of hydrogen-bond donors (Lipinski definition) is 2. The summed E-state index contributed by atoms with van der Waals surface area (Å²) in [7, 11) is -5.19. The number of hydrogen-bond acceptors (Lipinski definition) is 10. The molecule has 0 aliphatic rings. The smallest absolute Gasteiger partial charge is 0.289 e. The molecule has 212 valence electrons. The summed E-state index contributed by atoms with van der Waals surface area (Å²) in [5.41, 5.74) is -2.99. The predicted octanol–water partition coefficient (Wildman–Crippen LogP) is 2.88. The lowest BCUT2D eigenvalue weighted by Gasteiger charge is -2.08. The van der Waals surface area contributed by atoms with Crippen LogP contribution in [0.25, 0.3) is 65.2 Å². The van der Waals surface area contributed by atoms with Crippen LogP contribution in [-0.4, -0.2) is 18.2 Å². The van der Waals surface area contributed by atoms with Crippen molar-refractivity contribution in [1.29, 1.82) is 0 Å². The number of benzene rings is 6. The average molecular weight is 637 g/mol. The minimum atomic E-state index is -5.19. The Bertz CT molecular complexity index is 2750. The molecule has 0 saturated carbocycles.